The first-order chi connectivity index (χ1) is 21.8. The maximum atomic E-state index is 14.5. The maximum Gasteiger partial charge on any atom is 0.351 e. The monoisotopic (exact) mass is 651 g/mol. The quantitative estimate of drug-likeness (QED) is 0.124. The Morgan fingerprint density at radius 3 is 2.33 bits per heavy atom. The van der Waals surface area contributed by atoms with Gasteiger partial charge in [-0.05, 0) is 24.0 Å². The fourth-order valence-corrected chi connectivity index (χ4v) is 4.70. The summed E-state index contributed by atoms with van der Waals surface area (Å²) >= 11 is 0. The summed E-state index contributed by atoms with van der Waals surface area (Å²) in [7, 11) is 0. The van der Waals surface area contributed by atoms with Gasteiger partial charge in [-0.3, -0.25) is 23.7 Å². The van der Waals surface area contributed by atoms with Gasteiger partial charge in [0.25, 0.3) is 0 Å². The number of aliphatic hydroxyl groups excluding tert-OH is 2. The molecule has 17 heteroatoms. The van der Waals surface area contributed by atoms with Crippen molar-refractivity contribution in [2.75, 3.05) is 25.0 Å². The number of hydrogen-bond donors (Lipinski definition) is 7. The largest absolute Gasteiger partial charge is 0.394 e. The van der Waals surface area contributed by atoms with E-state index in [1.807, 2.05) is 13.8 Å². The number of aromatic nitrogens is 2. The van der Waals surface area contributed by atoms with Crippen LogP contribution in [0.5, 0.6) is 0 Å². The third kappa shape index (κ3) is 9.84. The molecule has 1 saturated heterocycles. The highest BCUT2D eigenvalue weighted by Crippen LogP contribution is 2.31. The molecule has 3 rings (SSSR count). The van der Waals surface area contributed by atoms with Crippen molar-refractivity contribution >= 4 is 29.4 Å². The van der Waals surface area contributed by atoms with Crippen molar-refractivity contribution in [1.82, 2.24) is 25.5 Å². The number of rotatable bonds is 14. The second-order valence-electron chi connectivity index (χ2n) is 11.1. The Kier molecular flexibility index (Phi) is 13.2. The van der Waals surface area contributed by atoms with E-state index in [1.54, 1.807) is 30.3 Å². The second-order valence-corrected chi connectivity index (χ2v) is 11.1. The summed E-state index contributed by atoms with van der Waals surface area (Å²) in [5.74, 6) is -2.99. The van der Waals surface area contributed by atoms with Crippen LogP contribution >= 0.6 is 0 Å². The van der Waals surface area contributed by atoms with Crippen molar-refractivity contribution in [3.8, 4) is 0 Å². The van der Waals surface area contributed by atoms with Gasteiger partial charge in [0.05, 0.1) is 19.7 Å². The number of nitrogens with one attached hydrogen (secondary N) is 4. The van der Waals surface area contributed by atoms with Crippen molar-refractivity contribution in [3.05, 3.63) is 58.6 Å². The fraction of sp³-hybridized carbons (Fsp3) is 0.517. The van der Waals surface area contributed by atoms with E-state index < -0.39 is 85.3 Å². The number of carbonyl (C=O) groups is 4. The number of amides is 4. The van der Waals surface area contributed by atoms with Crippen LogP contribution in [0.2, 0.25) is 0 Å². The summed E-state index contributed by atoms with van der Waals surface area (Å²) in [5.41, 5.74) is 5.05. The number of alkyl halides is 2. The number of ether oxygens (including phenoxy) is 1. The molecule has 0 spiro atoms. The zero-order chi connectivity index (χ0) is 34.0. The summed E-state index contributed by atoms with van der Waals surface area (Å²) in [6, 6.07) is 7.92. The van der Waals surface area contributed by atoms with E-state index in [1.165, 1.54) is 0 Å². The van der Waals surface area contributed by atoms with E-state index in [2.05, 4.69) is 26.3 Å². The summed E-state index contributed by atoms with van der Waals surface area (Å²) in [6.45, 7) is 1.91. The van der Waals surface area contributed by atoms with Crippen LogP contribution in [0.25, 0.3) is 0 Å². The molecule has 3 unspecified atom stereocenters. The van der Waals surface area contributed by atoms with Crippen molar-refractivity contribution in [3.63, 3.8) is 0 Å². The molecule has 0 saturated carbocycles. The summed E-state index contributed by atoms with van der Waals surface area (Å²) in [6.07, 6.45) is -8.80. The molecule has 4 amide bonds. The van der Waals surface area contributed by atoms with Gasteiger partial charge in [0.2, 0.25) is 23.6 Å². The normalized spacial score (nSPS) is 22.4. The summed E-state index contributed by atoms with van der Waals surface area (Å²) < 4.78 is 34.4. The molecule has 2 aromatic rings. The first kappa shape index (κ1) is 36.2. The molecule has 252 valence electrons. The second kappa shape index (κ2) is 16.8. The molecule has 0 bridgehead atoms. The van der Waals surface area contributed by atoms with Gasteiger partial charge in [-0.2, -0.15) is 4.98 Å². The fourth-order valence-electron chi connectivity index (χ4n) is 4.70. The Balaban J connectivity index is 1.62. The molecule has 1 aliphatic rings. The van der Waals surface area contributed by atoms with Crippen molar-refractivity contribution in [2.24, 2.45) is 11.7 Å². The lowest BCUT2D eigenvalue weighted by molar-refractivity contribution is -0.220. The molecule has 46 heavy (non-hydrogen) atoms. The molecular weight excluding hydrogens is 612 g/mol. The van der Waals surface area contributed by atoms with Gasteiger partial charge in [0.15, 0.2) is 18.6 Å². The van der Waals surface area contributed by atoms with Crippen LogP contribution < -0.4 is 32.7 Å². The number of nitrogens with two attached hydrogens (primary N) is 1. The molecule has 0 aliphatic carbocycles. The van der Waals surface area contributed by atoms with Crippen LogP contribution in [0.4, 0.5) is 14.6 Å². The van der Waals surface area contributed by atoms with Gasteiger partial charge >= 0.3 is 5.69 Å². The predicted octanol–water partition coefficient (Wildman–Crippen LogP) is -1.56. The molecule has 15 nitrogen and oxygen atoms in total. The minimum Gasteiger partial charge on any atom is -0.394 e. The van der Waals surface area contributed by atoms with Crippen LogP contribution in [0.3, 0.4) is 0 Å². The van der Waals surface area contributed by atoms with E-state index in [0.717, 1.165) is 17.8 Å². The molecule has 8 N–H and O–H groups in total. The van der Waals surface area contributed by atoms with Crippen molar-refractivity contribution in [1.29, 1.82) is 0 Å². The Morgan fingerprint density at radius 1 is 1.02 bits per heavy atom. The third-order valence-electron chi connectivity index (χ3n) is 7.03. The highest BCUT2D eigenvalue weighted by atomic mass is 19.2. The maximum absolute atomic E-state index is 14.5. The van der Waals surface area contributed by atoms with Gasteiger partial charge in [-0.1, -0.05) is 44.2 Å². The zero-order valence-electron chi connectivity index (χ0n) is 25.3. The number of benzene rings is 1. The smallest absolute Gasteiger partial charge is 0.351 e. The first-order valence-corrected chi connectivity index (χ1v) is 14.6. The van der Waals surface area contributed by atoms with E-state index in [-0.39, 0.29) is 31.1 Å². The van der Waals surface area contributed by atoms with Crippen LogP contribution in [0.1, 0.15) is 32.1 Å². The molecule has 1 aromatic heterocycles. The number of hydrogen-bond acceptors (Lipinski definition) is 10. The Hall–Kier alpha value is -4.32. The highest BCUT2D eigenvalue weighted by Gasteiger charge is 2.47. The van der Waals surface area contributed by atoms with E-state index in [0.29, 0.717) is 4.57 Å². The molecule has 0 radical (unpaired) electrons. The average Bonchev–Trinajstić information content (AvgIpc) is 3.02. The third-order valence-corrected chi connectivity index (χ3v) is 7.03. The van der Waals surface area contributed by atoms with Crippen molar-refractivity contribution in [2.45, 2.75) is 69.6 Å². The first-order valence-electron chi connectivity index (χ1n) is 14.6. The molecule has 7 atom stereocenters. The predicted molar refractivity (Wildman–Crippen MR) is 159 cm³/mol. The van der Waals surface area contributed by atoms with Gasteiger partial charge in [0.1, 0.15) is 30.1 Å². The summed E-state index contributed by atoms with van der Waals surface area (Å²) in [5, 5.41) is 28.9. The van der Waals surface area contributed by atoms with E-state index >= 15 is 0 Å². The SMILES string of the molecule is CC(C)CC(NC(=O)C(Cc1ccccc1)NC(=O)CN)C(=O)NCC(=O)Nc1ccn([C@@H]2O[C@H](CO)[C@H](O)[C@H](F)C2F)c(=O)n1. The van der Waals surface area contributed by atoms with Gasteiger partial charge in [-0.15, -0.1) is 0 Å². The lowest BCUT2D eigenvalue weighted by atomic mass is 10.0. The van der Waals surface area contributed by atoms with Gasteiger partial charge in [-0.25, -0.2) is 13.6 Å². The average molecular weight is 652 g/mol. The molecule has 2 heterocycles. The molecular formula is C29H39F2N7O8. The van der Waals surface area contributed by atoms with Gasteiger partial charge < -0.3 is 42.0 Å². The number of nitrogens with zero attached hydrogens (tertiary/aromatic N) is 2. The highest BCUT2D eigenvalue weighted by molar-refractivity contribution is 5.96. The Bertz CT molecular complexity index is 1410. The molecule has 1 fully saturated rings. The van der Waals surface area contributed by atoms with Crippen molar-refractivity contribution < 1.29 is 42.9 Å². The van der Waals surface area contributed by atoms with Crippen LogP contribution in [0.15, 0.2) is 47.4 Å². The van der Waals surface area contributed by atoms with Crippen LogP contribution in [-0.2, 0) is 30.3 Å². The standard InChI is InChI=1S/C29H39F2N7O8/c1-15(2)10-17(35-27(44)18(34-21(40)12-32)11-16-6-4-3-5-7-16)26(43)33-13-22(41)36-20-8-9-38(29(45)37-20)28-24(31)23(30)25(42)19(14-39)46-28/h3-9,15,17-19,23-25,28,39,42H,10-14,32H2,1-2H3,(H,33,43)(H,34,40)(H,35,44)(H,36,37,41,45)/t17?,18?,19-,23-,24?,25+,28-/m1/s1. The number of aliphatic hydroxyl groups is 2. The lowest BCUT2D eigenvalue weighted by Crippen LogP contribution is -2.55. The van der Waals surface area contributed by atoms with Crippen LogP contribution in [-0.4, -0.2) is 99.7 Å². The van der Waals surface area contributed by atoms with Gasteiger partial charge in [0, 0.05) is 12.6 Å². The topological polar surface area (TPSA) is 227 Å². The molecule has 1 aliphatic heterocycles. The number of carbonyl (C=O) groups excluding carboxylic acids is 4. The van der Waals surface area contributed by atoms with Crippen LogP contribution in [0, 0.1) is 5.92 Å². The zero-order valence-corrected chi connectivity index (χ0v) is 25.3. The summed E-state index contributed by atoms with van der Waals surface area (Å²) in [4.78, 5) is 66.9. The minimum absolute atomic E-state index is 0.0487. The van der Waals surface area contributed by atoms with E-state index in [9.17, 15) is 43.0 Å². The Morgan fingerprint density at radius 2 is 1.72 bits per heavy atom. The minimum atomic E-state index is -2.45. The number of anilines is 1. The molecule has 1 aromatic carbocycles. The number of halogens is 2. The lowest BCUT2D eigenvalue weighted by Gasteiger charge is -2.38. The Labute approximate surface area is 262 Å². The van der Waals surface area contributed by atoms with E-state index in [4.69, 9.17) is 10.5 Å².